The molecule has 1 aliphatic carbocycles. The van der Waals surface area contributed by atoms with Gasteiger partial charge in [-0.1, -0.05) is 40.5 Å². The van der Waals surface area contributed by atoms with E-state index in [4.69, 9.17) is 0 Å². The standard InChI is InChI=1S/C14H26O/c1-10(2)13-8-6-5-7-12(13)9-14(15)11(3)4/h10-13H,5-9H2,1-4H3. The van der Waals surface area contributed by atoms with Crippen molar-refractivity contribution < 1.29 is 4.79 Å². The van der Waals surface area contributed by atoms with Crippen molar-refractivity contribution in [3.63, 3.8) is 0 Å². The predicted octanol–water partition coefficient (Wildman–Crippen LogP) is 4.06. The minimum Gasteiger partial charge on any atom is -0.299 e. The first-order valence-electron chi connectivity index (χ1n) is 6.55. The summed E-state index contributed by atoms with van der Waals surface area (Å²) in [4.78, 5) is 11.8. The lowest BCUT2D eigenvalue weighted by atomic mass is 9.71. The van der Waals surface area contributed by atoms with Crippen LogP contribution in [0.25, 0.3) is 0 Å². The van der Waals surface area contributed by atoms with Gasteiger partial charge in [0.2, 0.25) is 0 Å². The van der Waals surface area contributed by atoms with Crippen molar-refractivity contribution in [2.45, 2.75) is 59.8 Å². The Morgan fingerprint density at radius 1 is 1.13 bits per heavy atom. The van der Waals surface area contributed by atoms with E-state index < -0.39 is 0 Å². The van der Waals surface area contributed by atoms with Crippen LogP contribution in [-0.2, 0) is 4.79 Å². The molecule has 1 heteroatoms. The second-order valence-electron chi connectivity index (χ2n) is 5.78. The van der Waals surface area contributed by atoms with Gasteiger partial charge in [0.05, 0.1) is 0 Å². The Labute approximate surface area is 94.6 Å². The number of ketones is 1. The number of carbonyl (C=O) groups excluding carboxylic acids is 1. The minimum absolute atomic E-state index is 0.222. The van der Waals surface area contributed by atoms with Crippen LogP contribution in [0.5, 0.6) is 0 Å². The van der Waals surface area contributed by atoms with Gasteiger partial charge in [0.15, 0.2) is 0 Å². The highest BCUT2D eigenvalue weighted by Crippen LogP contribution is 2.37. The summed E-state index contributed by atoms with van der Waals surface area (Å²) in [7, 11) is 0. The first-order valence-corrected chi connectivity index (χ1v) is 6.55. The third-order valence-electron chi connectivity index (χ3n) is 3.93. The maximum atomic E-state index is 11.8. The normalized spacial score (nSPS) is 27.3. The summed E-state index contributed by atoms with van der Waals surface area (Å²) in [5.41, 5.74) is 0. The van der Waals surface area contributed by atoms with Gasteiger partial charge in [0, 0.05) is 12.3 Å². The van der Waals surface area contributed by atoms with Crippen molar-refractivity contribution in [3.05, 3.63) is 0 Å². The second-order valence-corrected chi connectivity index (χ2v) is 5.78. The van der Waals surface area contributed by atoms with Crippen LogP contribution < -0.4 is 0 Å². The SMILES string of the molecule is CC(C)C(=O)CC1CCCCC1C(C)C. The lowest BCUT2D eigenvalue weighted by Gasteiger charge is -2.34. The van der Waals surface area contributed by atoms with Crippen molar-refractivity contribution >= 4 is 5.78 Å². The largest absolute Gasteiger partial charge is 0.299 e. The third kappa shape index (κ3) is 3.62. The number of hydrogen-bond acceptors (Lipinski definition) is 1. The molecule has 0 heterocycles. The van der Waals surface area contributed by atoms with Crippen molar-refractivity contribution in [2.24, 2.45) is 23.7 Å². The summed E-state index contributed by atoms with van der Waals surface area (Å²) in [5, 5.41) is 0. The van der Waals surface area contributed by atoms with Gasteiger partial charge in [-0.2, -0.15) is 0 Å². The first-order chi connectivity index (χ1) is 7.02. The molecule has 15 heavy (non-hydrogen) atoms. The molecule has 0 aromatic carbocycles. The third-order valence-corrected chi connectivity index (χ3v) is 3.93. The molecule has 88 valence electrons. The average Bonchev–Trinajstić information content (AvgIpc) is 2.18. The van der Waals surface area contributed by atoms with Crippen molar-refractivity contribution in [2.75, 3.05) is 0 Å². The molecule has 0 aromatic rings. The molecule has 2 atom stereocenters. The van der Waals surface area contributed by atoms with Gasteiger partial charge in [-0.25, -0.2) is 0 Å². The van der Waals surface area contributed by atoms with Crippen LogP contribution in [0.3, 0.4) is 0 Å². The smallest absolute Gasteiger partial charge is 0.135 e. The monoisotopic (exact) mass is 210 g/mol. The molecule has 0 spiro atoms. The summed E-state index contributed by atoms with van der Waals surface area (Å²) >= 11 is 0. The van der Waals surface area contributed by atoms with Crippen LogP contribution in [-0.4, -0.2) is 5.78 Å². The molecule has 1 nitrogen and oxygen atoms in total. The maximum Gasteiger partial charge on any atom is 0.135 e. The molecule has 1 rings (SSSR count). The summed E-state index contributed by atoms with van der Waals surface area (Å²) in [6.07, 6.45) is 6.16. The van der Waals surface area contributed by atoms with Crippen LogP contribution >= 0.6 is 0 Å². The lowest BCUT2D eigenvalue weighted by molar-refractivity contribution is -0.123. The van der Waals surface area contributed by atoms with Gasteiger partial charge in [-0.15, -0.1) is 0 Å². The molecule has 0 saturated heterocycles. The Kier molecular flexibility index (Phi) is 4.82. The van der Waals surface area contributed by atoms with E-state index in [1.54, 1.807) is 0 Å². The molecule has 1 fully saturated rings. The Bertz CT molecular complexity index is 205. The number of Topliss-reactive ketones (excluding diaryl/α,β-unsaturated/α-hetero) is 1. The summed E-state index contributed by atoms with van der Waals surface area (Å²) < 4.78 is 0. The average molecular weight is 210 g/mol. The highest BCUT2D eigenvalue weighted by molar-refractivity contribution is 5.80. The topological polar surface area (TPSA) is 17.1 Å². The van der Waals surface area contributed by atoms with E-state index in [1.165, 1.54) is 25.7 Å². The highest BCUT2D eigenvalue weighted by Gasteiger charge is 2.29. The molecule has 1 aliphatic rings. The fourth-order valence-electron chi connectivity index (χ4n) is 2.86. The van der Waals surface area contributed by atoms with Gasteiger partial charge in [0.25, 0.3) is 0 Å². The van der Waals surface area contributed by atoms with Crippen molar-refractivity contribution in [1.82, 2.24) is 0 Å². The van der Waals surface area contributed by atoms with Crippen LogP contribution in [0.1, 0.15) is 59.8 Å². The summed E-state index contributed by atoms with van der Waals surface area (Å²) in [5.74, 6) is 2.90. The van der Waals surface area contributed by atoms with E-state index in [2.05, 4.69) is 13.8 Å². The molecular formula is C14H26O. The number of rotatable bonds is 4. The zero-order valence-corrected chi connectivity index (χ0v) is 10.8. The minimum atomic E-state index is 0.222. The van der Waals surface area contributed by atoms with Gasteiger partial charge < -0.3 is 0 Å². The Morgan fingerprint density at radius 2 is 1.73 bits per heavy atom. The molecule has 0 aliphatic heterocycles. The van der Waals surface area contributed by atoms with E-state index in [1.807, 2.05) is 13.8 Å². The zero-order chi connectivity index (χ0) is 11.4. The van der Waals surface area contributed by atoms with Crippen LogP contribution in [0.2, 0.25) is 0 Å². The van der Waals surface area contributed by atoms with Crippen LogP contribution in [0.15, 0.2) is 0 Å². The second kappa shape index (κ2) is 5.67. The molecule has 0 bridgehead atoms. The van der Waals surface area contributed by atoms with Crippen molar-refractivity contribution in [3.8, 4) is 0 Å². The lowest BCUT2D eigenvalue weighted by Crippen LogP contribution is -2.27. The van der Waals surface area contributed by atoms with Crippen molar-refractivity contribution in [1.29, 1.82) is 0 Å². The van der Waals surface area contributed by atoms with Gasteiger partial charge in [0.1, 0.15) is 5.78 Å². The fraction of sp³-hybridized carbons (Fsp3) is 0.929. The molecule has 0 N–H and O–H groups in total. The summed E-state index contributed by atoms with van der Waals surface area (Å²) in [6, 6.07) is 0. The Morgan fingerprint density at radius 3 is 2.27 bits per heavy atom. The maximum absolute atomic E-state index is 11.8. The quantitative estimate of drug-likeness (QED) is 0.683. The first kappa shape index (κ1) is 12.7. The molecule has 0 amide bonds. The van der Waals surface area contributed by atoms with E-state index >= 15 is 0 Å². The van der Waals surface area contributed by atoms with Gasteiger partial charge >= 0.3 is 0 Å². The van der Waals surface area contributed by atoms with Gasteiger partial charge in [-0.3, -0.25) is 4.79 Å². The number of carbonyl (C=O) groups is 1. The zero-order valence-electron chi connectivity index (χ0n) is 10.8. The molecule has 0 radical (unpaired) electrons. The highest BCUT2D eigenvalue weighted by atomic mass is 16.1. The van der Waals surface area contributed by atoms with E-state index in [0.29, 0.717) is 11.7 Å². The van der Waals surface area contributed by atoms with Crippen LogP contribution in [0.4, 0.5) is 0 Å². The van der Waals surface area contributed by atoms with E-state index in [-0.39, 0.29) is 5.92 Å². The Balaban J connectivity index is 2.53. The van der Waals surface area contributed by atoms with E-state index in [9.17, 15) is 4.79 Å². The molecule has 0 aromatic heterocycles. The fourth-order valence-corrected chi connectivity index (χ4v) is 2.86. The van der Waals surface area contributed by atoms with E-state index in [0.717, 1.165) is 18.3 Å². The van der Waals surface area contributed by atoms with Gasteiger partial charge in [-0.05, 0) is 30.6 Å². The molecule has 2 unspecified atom stereocenters. The summed E-state index contributed by atoms with van der Waals surface area (Å²) in [6.45, 7) is 8.66. The molecule has 1 saturated carbocycles. The number of hydrogen-bond donors (Lipinski definition) is 0. The van der Waals surface area contributed by atoms with Crippen LogP contribution in [0, 0.1) is 23.7 Å². The molecular weight excluding hydrogens is 184 g/mol. The Hall–Kier alpha value is -0.330. The predicted molar refractivity (Wildman–Crippen MR) is 64.7 cm³/mol.